The molecule has 5 nitrogen and oxygen atoms in total. The molecular formula is C20H22N4OS. The van der Waals surface area contributed by atoms with E-state index >= 15 is 0 Å². The Bertz CT molecular complexity index is 921. The number of aromatic nitrogens is 3. The van der Waals surface area contributed by atoms with Crippen molar-refractivity contribution in [3.8, 4) is 11.4 Å². The van der Waals surface area contributed by atoms with Crippen molar-refractivity contribution in [3.05, 3.63) is 41.6 Å². The number of amides is 1. The standard InChI is InChI=1S/C20H22N4OS/c1-13-10-16-17(11-14(13)2)23-19(22-16)15-6-5-7-21-20(15)26-12-18(25)24-8-3-4-9-24/h5-7,10-11H,3-4,8-9,12H2,1-2H3,(H,22,23). The largest absolute Gasteiger partial charge is 0.342 e. The summed E-state index contributed by atoms with van der Waals surface area (Å²) in [6, 6.07) is 8.14. The van der Waals surface area contributed by atoms with Crippen LogP contribution in [-0.4, -0.2) is 44.6 Å². The molecule has 3 heterocycles. The number of hydrogen-bond acceptors (Lipinski definition) is 4. The quantitative estimate of drug-likeness (QED) is 0.710. The molecule has 1 N–H and O–H groups in total. The van der Waals surface area contributed by atoms with Gasteiger partial charge >= 0.3 is 0 Å². The molecule has 1 amide bonds. The number of benzene rings is 1. The van der Waals surface area contributed by atoms with Gasteiger partial charge in [-0.1, -0.05) is 11.8 Å². The molecule has 0 unspecified atom stereocenters. The lowest BCUT2D eigenvalue weighted by Crippen LogP contribution is -2.29. The number of fused-ring (bicyclic) bond motifs is 1. The zero-order valence-corrected chi connectivity index (χ0v) is 15.9. The number of likely N-dealkylation sites (tertiary alicyclic amines) is 1. The number of hydrogen-bond donors (Lipinski definition) is 1. The van der Waals surface area contributed by atoms with E-state index in [2.05, 4.69) is 35.9 Å². The molecule has 0 atom stereocenters. The second-order valence-electron chi connectivity index (χ2n) is 6.77. The van der Waals surface area contributed by atoms with E-state index in [0.29, 0.717) is 5.75 Å². The van der Waals surface area contributed by atoms with Crippen LogP contribution in [0.2, 0.25) is 0 Å². The molecule has 6 heteroatoms. The molecule has 0 aliphatic carbocycles. The normalized spacial score (nSPS) is 14.3. The van der Waals surface area contributed by atoms with Crippen molar-refractivity contribution in [1.82, 2.24) is 19.9 Å². The summed E-state index contributed by atoms with van der Waals surface area (Å²) in [5.74, 6) is 1.41. The molecule has 2 aromatic heterocycles. The first kappa shape index (κ1) is 17.1. The van der Waals surface area contributed by atoms with Gasteiger partial charge in [0.2, 0.25) is 5.91 Å². The lowest BCUT2D eigenvalue weighted by Gasteiger charge is -2.14. The van der Waals surface area contributed by atoms with E-state index in [1.54, 1.807) is 6.20 Å². The number of nitrogens with one attached hydrogen (secondary N) is 1. The fourth-order valence-corrected chi connectivity index (χ4v) is 4.17. The van der Waals surface area contributed by atoms with Gasteiger partial charge in [0.1, 0.15) is 10.9 Å². The van der Waals surface area contributed by atoms with Crippen LogP contribution in [0.1, 0.15) is 24.0 Å². The summed E-state index contributed by atoms with van der Waals surface area (Å²) in [4.78, 5) is 26.9. The maximum absolute atomic E-state index is 12.3. The summed E-state index contributed by atoms with van der Waals surface area (Å²) < 4.78 is 0. The van der Waals surface area contributed by atoms with E-state index in [1.807, 2.05) is 17.0 Å². The van der Waals surface area contributed by atoms with Gasteiger partial charge in [-0.3, -0.25) is 4.79 Å². The second-order valence-corrected chi connectivity index (χ2v) is 7.74. The number of aryl methyl sites for hydroxylation is 2. The lowest BCUT2D eigenvalue weighted by molar-refractivity contribution is -0.127. The summed E-state index contributed by atoms with van der Waals surface area (Å²) >= 11 is 1.49. The maximum Gasteiger partial charge on any atom is 0.232 e. The molecular weight excluding hydrogens is 344 g/mol. The fraction of sp³-hybridized carbons (Fsp3) is 0.350. The Labute approximate surface area is 157 Å². The third-order valence-electron chi connectivity index (χ3n) is 4.91. The van der Waals surface area contributed by atoms with Crippen molar-refractivity contribution in [2.75, 3.05) is 18.8 Å². The molecule has 0 radical (unpaired) electrons. The Hall–Kier alpha value is -2.34. The molecule has 1 fully saturated rings. The Morgan fingerprint density at radius 3 is 2.81 bits per heavy atom. The third kappa shape index (κ3) is 3.33. The van der Waals surface area contributed by atoms with E-state index in [0.717, 1.165) is 53.4 Å². The molecule has 3 aromatic rings. The summed E-state index contributed by atoms with van der Waals surface area (Å²) in [7, 11) is 0. The van der Waals surface area contributed by atoms with Crippen LogP contribution in [-0.2, 0) is 4.79 Å². The van der Waals surface area contributed by atoms with Crippen molar-refractivity contribution < 1.29 is 4.79 Å². The number of rotatable bonds is 4. The first-order valence-electron chi connectivity index (χ1n) is 8.95. The number of H-pyrrole nitrogens is 1. The number of pyridine rings is 1. The monoisotopic (exact) mass is 366 g/mol. The Morgan fingerprint density at radius 1 is 1.23 bits per heavy atom. The molecule has 1 aromatic carbocycles. The van der Waals surface area contributed by atoms with Crippen LogP contribution in [0.4, 0.5) is 0 Å². The first-order valence-corrected chi connectivity index (χ1v) is 9.93. The molecule has 0 saturated carbocycles. The van der Waals surface area contributed by atoms with Crippen LogP contribution in [0.3, 0.4) is 0 Å². The van der Waals surface area contributed by atoms with E-state index < -0.39 is 0 Å². The average Bonchev–Trinajstić information content (AvgIpc) is 3.30. The van der Waals surface area contributed by atoms with Gasteiger partial charge in [0.25, 0.3) is 0 Å². The third-order valence-corrected chi connectivity index (χ3v) is 5.90. The number of imidazole rings is 1. The van der Waals surface area contributed by atoms with Gasteiger partial charge in [-0.05, 0) is 62.1 Å². The van der Waals surface area contributed by atoms with E-state index in [4.69, 9.17) is 4.98 Å². The molecule has 26 heavy (non-hydrogen) atoms. The highest BCUT2D eigenvalue weighted by molar-refractivity contribution is 8.00. The van der Waals surface area contributed by atoms with Crippen LogP contribution < -0.4 is 0 Å². The maximum atomic E-state index is 12.3. The van der Waals surface area contributed by atoms with Gasteiger partial charge in [-0.25, -0.2) is 9.97 Å². The molecule has 0 bridgehead atoms. The lowest BCUT2D eigenvalue weighted by atomic mass is 10.1. The number of nitrogens with zero attached hydrogens (tertiary/aromatic N) is 3. The van der Waals surface area contributed by atoms with E-state index in [9.17, 15) is 4.79 Å². The van der Waals surface area contributed by atoms with Gasteiger partial charge in [0, 0.05) is 24.8 Å². The SMILES string of the molecule is Cc1cc2nc(-c3cccnc3SCC(=O)N3CCCC3)[nH]c2cc1C. The molecule has 134 valence electrons. The molecule has 0 spiro atoms. The van der Waals surface area contributed by atoms with Crippen molar-refractivity contribution in [2.45, 2.75) is 31.7 Å². The molecule has 1 aliphatic heterocycles. The van der Waals surface area contributed by atoms with Crippen LogP contribution in [0.25, 0.3) is 22.4 Å². The highest BCUT2D eigenvalue weighted by atomic mass is 32.2. The van der Waals surface area contributed by atoms with Gasteiger partial charge in [-0.15, -0.1) is 0 Å². The number of thioether (sulfide) groups is 1. The van der Waals surface area contributed by atoms with Crippen molar-refractivity contribution in [1.29, 1.82) is 0 Å². The van der Waals surface area contributed by atoms with Crippen molar-refractivity contribution in [3.63, 3.8) is 0 Å². The predicted octanol–water partition coefficient (Wildman–Crippen LogP) is 3.96. The topological polar surface area (TPSA) is 61.9 Å². The number of carbonyl (C=O) groups is 1. The summed E-state index contributed by atoms with van der Waals surface area (Å²) in [6.45, 7) is 5.97. The van der Waals surface area contributed by atoms with Crippen molar-refractivity contribution in [2.24, 2.45) is 0 Å². The predicted molar refractivity (Wildman–Crippen MR) is 105 cm³/mol. The number of aromatic amines is 1. The Kier molecular flexibility index (Phi) is 4.68. The van der Waals surface area contributed by atoms with Crippen LogP contribution in [0, 0.1) is 13.8 Å². The second kappa shape index (κ2) is 7.11. The van der Waals surface area contributed by atoms with Crippen molar-refractivity contribution >= 4 is 28.7 Å². The fourth-order valence-electron chi connectivity index (χ4n) is 3.27. The smallest absolute Gasteiger partial charge is 0.232 e. The minimum atomic E-state index is 0.194. The average molecular weight is 366 g/mol. The summed E-state index contributed by atoms with van der Waals surface area (Å²) in [6.07, 6.45) is 4.00. The highest BCUT2D eigenvalue weighted by Gasteiger charge is 2.19. The van der Waals surface area contributed by atoms with Gasteiger partial charge in [-0.2, -0.15) is 0 Å². The molecule has 1 aliphatic rings. The van der Waals surface area contributed by atoms with E-state index in [1.165, 1.54) is 22.9 Å². The summed E-state index contributed by atoms with van der Waals surface area (Å²) in [5, 5.41) is 0.840. The van der Waals surface area contributed by atoms with E-state index in [-0.39, 0.29) is 5.91 Å². The molecule has 4 rings (SSSR count). The number of carbonyl (C=O) groups excluding carboxylic acids is 1. The highest BCUT2D eigenvalue weighted by Crippen LogP contribution is 2.30. The minimum Gasteiger partial charge on any atom is -0.342 e. The van der Waals surface area contributed by atoms with Gasteiger partial charge in [0.05, 0.1) is 16.8 Å². The zero-order chi connectivity index (χ0) is 18.1. The van der Waals surface area contributed by atoms with Crippen LogP contribution in [0.15, 0.2) is 35.5 Å². The zero-order valence-electron chi connectivity index (χ0n) is 15.1. The summed E-state index contributed by atoms with van der Waals surface area (Å²) in [5.41, 5.74) is 5.39. The Balaban J connectivity index is 1.60. The van der Waals surface area contributed by atoms with Gasteiger partial charge < -0.3 is 9.88 Å². The van der Waals surface area contributed by atoms with Crippen LogP contribution in [0.5, 0.6) is 0 Å². The first-order chi connectivity index (χ1) is 12.6. The van der Waals surface area contributed by atoms with Gasteiger partial charge in [0.15, 0.2) is 0 Å². The minimum absolute atomic E-state index is 0.194. The molecule has 1 saturated heterocycles. The van der Waals surface area contributed by atoms with Crippen LogP contribution >= 0.6 is 11.8 Å². The Morgan fingerprint density at radius 2 is 2.00 bits per heavy atom.